The maximum Gasteiger partial charge on any atom is 0.329 e. The van der Waals surface area contributed by atoms with Crippen molar-refractivity contribution >= 4 is 29.6 Å². The number of carbonyl (C=O) groups excluding carboxylic acids is 3. The van der Waals surface area contributed by atoms with Gasteiger partial charge in [0.15, 0.2) is 18.1 Å². The van der Waals surface area contributed by atoms with E-state index in [-0.39, 0.29) is 18.6 Å². The van der Waals surface area contributed by atoms with Crippen LogP contribution in [0.4, 0.5) is 5.69 Å². The van der Waals surface area contributed by atoms with E-state index in [0.717, 1.165) is 16.8 Å². The second kappa shape index (κ2) is 12.2. The van der Waals surface area contributed by atoms with E-state index < -0.39 is 11.8 Å². The molecule has 176 valence electrons. The first-order valence-electron chi connectivity index (χ1n) is 10.5. The third-order valence-electron chi connectivity index (χ3n) is 4.78. The minimum Gasteiger partial charge on any atom is -0.493 e. The van der Waals surface area contributed by atoms with Crippen molar-refractivity contribution in [1.29, 1.82) is 0 Å². The van der Waals surface area contributed by atoms with Crippen molar-refractivity contribution < 1.29 is 23.9 Å². The summed E-state index contributed by atoms with van der Waals surface area (Å²) in [5.41, 5.74) is 5.59. The lowest BCUT2D eigenvalue weighted by Crippen LogP contribution is -2.41. The molecule has 0 aromatic heterocycles. The van der Waals surface area contributed by atoms with E-state index in [1.165, 1.54) is 13.3 Å². The lowest BCUT2D eigenvalue weighted by atomic mass is 10.1. The average molecular weight is 455 g/mol. The van der Waals surface area contributed by atoms with Crippen molar-refractivity contribution in [2.75, 3.05) is 19.0 Å². The van der Waals surface area contributed by atoms with Crippen LogP contribution in [0.2, 0.25) is 0 Å². The Kier molecular flexibility index (Phi) is 9.41. The molecule has 0 heterocycles. The number of nitrogens with one attached hydrogen (secondary N) is 3. The summed E-state index contributed by atoms with van der Waals surface area (Å²) in [5, 5.41) is 9.16. The van der Waals surface area contributed by atoms with Crippen LogP contribution in [-0.4, -0.2) is 43.7 Å². The largest absolute Gasteiger partial charge is 0.493 e. The summed E-state index contributed by atoms with van der Waals surface area (Å²) in [5.74, 6) is -1.13. The summed E-state index contributed by atoms with van der Waals surface area (Å²) < 4.78 is 10.9. The molecule has 0 aliphatic rings. The molecule has 9 heteroatoms. The maximum absolute atomic E-state index is 12.3. The van der Waals surface area contributed by atoms with E-state index in [0.29, 0.717) is 23.5 Å². The molecule has 0 aliphatic carbocycles. The first-order valence-corrected chi connectivity index (χ1v) is 10.5. The highest BCUT2D eigenvalue weighted by atomic mass is 16.5. The van der Waals surface area contributed by atoms with E-state index in [1.807, 2.05) is 39.0 Å². The van der Waals surface area contributed by atoms with Gasteiger partial charge in [0, 0.05) is 11.7 Å². The number of carbonyl (C=O) groups is 3. The summed E-state index contributed by atoms with van der Waals surface area (Å²) in [6.07, 6.45) is 2.08. The molecule has 3 N–H and O–H groups in total. The lowest BCUT2D eigenvalue weighted by Gasteiger charge is -2.12. The molecule has 2 aromatic rings. The molecule has 9 nitrogen and oxygen atoms in total. The van der Waals surface area contributed by atoms with Crippen LogP contribution in [0, 0.1) is 13.8 Å². The number of ether oxygens (including phenoxy) is 2. The van der Waals surface area contributed by atoms with Gasteiger partial charge in [0.2, 0.25) is 0 Å². The van der Waals surface area contributed by atoms with Crippen LogP contribution in [0.25, 0.3) is 0 Å². The van der Waals surface area contributed by atoms with Gasteiger partial charge in [0.05, 0.1) is 13.3 Å². The van der Waals surface area contributed by atoms with Gasteiger partial charge in [-0.05, 0) is 62.6 Å². The standard InChI is InChI=1S/C24H30N4O5/c1-6-17(4)26-23(30)24(31)28-25-13-18-8-10-20(21(12-18)32-5)33-14-22(29)27-19-9-7-15(2)11-16(19)3/h7-13,17H,6,14H2,1-5H3,(H,26,30)(H,27,29)(H,28,31)/b25-13-/t17-/m0/s1. The van der Waals surface area contributed by atoms with Crippen LogP contribution < -0.4 is 25.5 Å². The molecule has 33 heavy (non-hydrogen) atoms. The van der Waals surface area contributed by atoms with Crippen LogP contribution in [0.15, 0.2) is 41.5 Å². The minimum atomic E-state index is -0.853. The number of hydrogen-bond acceptors (Lipinski definition) is 6. The third kappa shape index (κ3) is 7.95. The Bertz CT molecular complexity index is 1040. The minimum absolute atomic E-state index is 0.105. The van der Waals surface area contributed by atoms with Gasteiger partial charge in [-0.15, -0.1) is 0 Å². The number of hydrogen-bond donors (Lipinski definition) is 3. The molecule has 0 bridgehead atoms. The third-order valence-corrected chi connectivity index (χ3v) is 4.78. The topological polar surface area (TPSA) is 118 Å². The molecular weight excluding hydrogens is 424 g/mol. The summed E-state index contributed by atoms with van der Waals surface area (Å²) in [4.78, 5) is 35.7. The van der Waals surface area contributed by atoms with Crippen LogP contribution >= 0.6 is 0 Å². The van der Waals surface area contributed by atoms with Gasteiger partial charge < -0.3 is 20.1 Å². The second-order valence-corrected chi connectivity index (χ2v) is 7.55. The fraction of sp³-hybridized carbons (Fsp3) is 0.333. The van der Waals surface area contributed by atoms with Crippen LogP contribution in [0.1, 0.15) is 37.0 Å². The predicted molar refractivity (Wildman–Crippen MR) is 127 cm³/mol. The van der Waals surface area contributed by atoms with Crippen molar-refractivity contribution in [1.82, 2.24) is 10.7 Å². The van der Waals surface area contributed by atoms with Gasteiger partial charge in [-0.3, -0.25) is 14.4 Å². The van der Waals surface area contributed by atoms with Gasteiger partial charge in [-0.2, -0.15) is 5.10 Å². The summed E-state index contributed by atoms with van der Waals surface area (Å²) in [6.45, 7) is 7.42. The molecule has 0 fully saturated rings. The Morgan fingerprint density at radius 1 is 1.06 bits per heavy atom. The van der Waals surface area contributed by atoms with Crippen molar-refractivity contribution in [3.8, 4) is 11.5 Å². The van der Waals surface area contributed by atoms with E-state index in [2.05, 4.69) is 21.2 Å². The number of hydrazone groups is 1. The Hall–Kier alpha value is -3.88. The van der Waals surface area contributed by atoms with Crippen molar-refractivity contribution in [3.05, 3.63) is 53.1 Å². The molecule has 2 rings (SSSR count). The molecule has 0 saturated carbocycles. The fourth-order valence-corrected chi connectivity index (χ4v) is 2.77. The number of benzene rings is 2. The van der Waals surface area contributed by atoms with E-state index >= 15 is 0 Å². The van der Waals surface area contributed by atoms with Gasteiger partial charge in [-0.25, -0.2) is 5.43 Å². The molecule has 1 atom stereocenters. The summed E-state index contributed by atoms with van der Waals surface area (Å²) >= 11 is 0. The maximum atomic E-state index is 12.3. The number of rotatable bonds is 9. The smallest absolute Gasteiger partial charge is 0.329 e. The Morgan fingerprint density at radius 2 is 1.82 bits per heavy atom. The highest BCUT2D eigenvalue weighted by molar-refractivity contribution is 6.35. The zero-order valence-electron chi connectivity index (χ0n) is 19.5. The predicted octanol–water partition coefficient (Wildman–Crippen LogP) is 2.69. The number of nitrogens with zero attached hydrogens (tertiary/aromatic N) is 1. The zero-order valence-corrected chi connectivity index (χ0v) is 19.5. The number of methoxy groups -OCH3 is 1. The molecule has 0 saturated heterocycles. The molecule has 0 radical (unpaired) electrons. The molecule has 0 aliphatic heterocycles. The van der Waals surface area contributed by atoms with E-state index in [1.54, 1.807) is 25.1 Å². The molecule has 2 aromatic carbocycles. The van der Waals surface area contributed by atoms with Crippen molar-refractivity contribution in [2.45, 2.75) is 40.2 Å². The van der Waals surface area contributed by atoms with E-state index in [4.69, 9.17) is 9.47 Å². The highest BCUT2D eigenvalue weighted by Crippen LogP contribution is 2.27. The van der Waals surface area contributed by atoms with Crippen LogP contribution in [0.3, 0.4) is 0 Å². The lowest BCUT2D eigenvalue weighted by molar-refractivity contribution is -0.139. The molecule has 3 amide bonds. The SMILES string of the molecule is CC[C@H](C)NC(=O)C(=O)N/N=C\c1ccc(OCC(=O)Nc2ccc(C)cc2C)c(OC)c1. The second-order valence-electron chi connectivity index (χ2n) is 7.55. The van der Waals surface area contributed by atoms with Crippen LogP contribution in [0.5, 0.6) is 11.5 Å². The van der Waals surface area contributed by atoms with Gasteiger partial charge in [0.1, 0.15) is 0 Å². The Morgan fingerprint density at radius 3 is 2.48 bits per heavy atom. The summed E-state index contributed by atoms with van der Waals surface area (Å²) in [7, 11) is 1.47. The quantitative estimate of drug-likeness (QED) is 0.306. The van der Waals surface area contributed by atoms with Crippen LogP contribution in [-0.2, 0) is 14.4 Å². The van der Waals surface area contributed by atoms with Gasteiger partial charge >= 0.3 is 11.8 Å². The summed E-state index contributed by atoms with van der Waals surface area (Å²) in [6, 6.07) is 10.6. The van der Waals surface area contributed by atoms with Crippen molar-refractivity contribution in [3.63, 3.8) is 0 Å². The number of aryl methyl sites for hydroxylation is 2. The highest BCUT2D eigenvalue weighted by Gasteiger charge is 2.14. The first-order chi connectivity index (χ1) is 15.7. The van der Waals surface area contributed by atoms with Gasteiger partial charge in [-0.1, -0.05) is 24.6 Å². The molecule has 0 spiro atoms. The number of anilines is 1. The van der Waals surface area contributed by atoms with Gasteiger partial charge in [0.25, 0.3) is 5.91 Å². The Balaban J connectivity index is 1.93. The monoisotopic (exact) mass is 454 g/mol. The normalized spacial score (nSPS) is 11.5. The average Bonchev–Trinajstić information content (AvgIpc) is 2.79. The van der Waals surface area contributed by atoms with Crippen molar-refractivity contribution in [2.24, 2.45) is 5.10 Å². The molecular formula is C24H30N4O5. The Labute approximate surface area is 193 Å². The number of amides is 3. The van der Waals surface area contributed by atoms with E-state index in [9.17, 15) is 14.4 Å². The molecule has 0 unspecified atom stereocenters. The fourth-order valence-electron chi connectivity index (χ4n) is 2.77. The zero-order chi connectivity index (χ0) is 24.4. The first kappa shape index (κ1) is 25.4.